The zero-order valence-electron chi connectivity index (χ0n) is 8.87. The fourth-order valence-corrected chi connectivity index (χ4v) is 0.996. The number of carbonyl (C=O) groups excluding carboxylic acids is 2. The number of nitrogens with one attached hydrogen (secondary N) is 2. The van der Waals surface area contributed by atoms with Crippen LogP contribution in [0.25, 0.3) is 0 Å². The summed E-state index contributed by atoms with van der Waals surface area (Å²) in [6.45, 7) is 2.92. The molecule has 86 valence electrons. The maximum atomic E-state index is 11.1. The normalized spacial score (nSPS) is 11.6. The van der Waals surface area contributed by atoms with Crippen LogP contribution in [-0.2, 0) is 14.4 Å². The second-order valence-corrected chi connectivity index (χ2v) is 3.16. The van der Waals surface area contributed by atoms with Crippen LogP contribution in [0.3, 0.4) is 0 Å². The first-order chi connectivity index (χ1) is 6.97. The highest BCUT2D eigenvalue weighted by atomic mass is 16.4. The Morgan fingerprint density at radius 1 is 1.33 bits per heavy atom. The van der Waals surface area contributed by atoms with Gasteiger partial charge in [0.25, 0.3) is 0 Å². The van der Waals surface area contributed by atoms with Crippen molar-refractivity contribution in [1.29, 1.82) is 0 Å². The van der Waals surface area contributed by atoms with Gasteiger partial charge in [0.1, 0.15) is 6.04 Å². The zero-order chi connectivity index (χ0) is 11.8. The Morgan fingerprint density at radius 3 is 2.33 bits per heavy atom. The number of carboxylic acid groups (broad SMARTS) is 1. The van der Waals surface area contributed by atoms with Crippen molar-refractivity contribution in [3.63, 3.8) is 0 Å². The molecule has 0 aromatic heterocycles. The van der Waals surface area contributed by atoms with E-state index < -0.39 is 17.9 Å². The first kappa shape index (κ1) is 13.4. The second kappa shape index (κ2) is 6.80. The predicted molar refractivity (Wildman–Crippen MR) is 53.2 cm³/mol. The molecular formula is C9H16N2O4. The number of carbonyl (C=O) groups is 3. The van der Waals surface area contributed by atoms with E-state index in [9.17, 15) is 14.4 Å². The molecule has 15 heavy (non-hydrogen) atoms. The van der Waals surface area contributed by atoms with Crippen LogP contribution >= 0.6 is 0 Å². The molecule has 0 rings (SSSR count). The fraction of sp³-hybridized carbons (Fsp3) is 0.667. The third kappa shape index (κ3) is 6.48. The molecule has 3 N–H and O–H groups in total. The number of aliphatic carboxylic acids is 1. The van der Waals surface area contributed by atoms with Gasteiger partial charge < -0.3 is 15.7 Å². The summed E-state index contributed by atoms with van der Waals surface area (Å²) in [4.78, 5) is 32.3. The van der Waals surface area contributed by atoms with E-state index >= 15 is 0 Å². The first-order valence-electron chi connectivity index (χ1n) is 4.74. The molecule has 0 fully saturated rings. The van der Waals surface area contributed by atoms with Crippen LogP contribution in [0, 0.1) is 0 Å². The van der Waals surface area contributed by atoms with E-state index in [1.807, 2.05) is 6.92 Å². The standard InChI is InChI=1S/C9H16N2O4/c1-3-4-7(9(14)15)11-8(13)5-10-6(2)12/h7H,3-5H2,1-2H3,(H,10,12)(H,11,13)(H,14,15). The molecule has 6 heteroatoms. The maximum absolute atomic E-state index is 11.1. The summed E-state index contributed by atoms with van der Waals surface area (Å²) in [5.74, 6) is -1.88. The second-order valence-electron chi connectivity index (χ2n) is 3.16. The Kier molecular flexibility index (Phi) is 6.08. The van der Waals surface area contributed by atoms with Crippen molar-refractivity contribution in [2.24, 2.45) is 0 Å². The molecule has 0 spiro atoms. The van der Waals surface area contributed by atoms with Crippen molar-refractivity contribution in [3.8, 4) is 0 Å². The van der Waals surface area contributed by atoms with E-state index in [0.29, 0.717) is 12.8 Å². The molecule has 0 heterocycles. The van der Waals surface area contributed by atoms with Gasteiger partial charge in [-0.25, -0.2) is 4.79 Å². The summed E-state index contributed by atoms with van der Waals surface area (Å²) in [6.07, 6.45) is 1.04. The SMILES string of the molecule is CCCC(NC(=O)CNC(C)=O)C(=O)O. The molecule has 0 saturated carbocycles. The highest BCUT2D eigenvalue weighted by Gasteiger charge is 2.18. The van der Waals surface area contributed by atoms with E-state index in [0.717, 1.165) is 0 Å². The molecule has 0 bridgehead atoms. The van der Waals surface area contributed by atoms with Crippen molar-refractivity contribution in [1.82, 2.24) is 10.6 Å². The molecule has 0 aliphatic carbocycles. The average Bonchev–Trinajstić information content (AvgIpc) is 2.14. The zero-order valence-corrected chi connectivity index (χ0v) is 8.87. The number of carboxylic acids is 1. The summed E-state index contributed by atoms with van der Waals surface area (Å²) >= 11 is 0. The third-order valence-electron chi connectivity index (χ3n) is 1.71. The van der Waals surface area contributed by atoms with Crippen LogP contribution in [0.4, 0.5) is 0 Å². The van der Waals surface area contributed by atoms with Gasteiger partial charge >= 0.3 is 5.97 Å². The van der Waals surface area contributed by atoms with Crippen LogP contribution in [0.2, 0.25) is 0 Å². The van der Waals surface area contributed by atoms with Gasteiger partial charge in [0.2, 0.25) is 11.8 Å². The molecule has 0 saturated heterocycles. The molecule has 2 amide bonds. The Hall–Kier alpha value is -1.59. The Bertz CT molecular complexity index is 252. The summed E-state index contributed by atoms with van der Waals surface area (Å²) in [6, 6.07) is -0.878. The first-order valence-corrected chi connectivity index (χ1v) is 4.74. The smallest absolute Gasteiger partial charge is 0.326 e. The Balaban J connectivity index is 3.99. The minimum absolute atomic E-state index is 0.192. The number of hydrogen-bond acceptors (Lipinski definition) is 3. The number of rotatable bonds is 6. The Labute approximate surface area is 88.0 Å². The molecule has 1 atom stereocenters. The minimum Gasteiger partial charge on any atom is -0.480 e. The minimum atomic E-state index is -1.06. The van der Waals surface area contributed by atoms with Gasteiger partial charge in [-0.2, -0.15) is 0 Å². The molecule has 0 aromatic carbocycles. The molecule has 0 aromatic rings. The molecule has 0 aliphatic heterocycles. The lowest BCUT2D eigenvalue weighted by atomic mass is 10.1. The quantitative estimate of drug-likeness (QED) is 0.557. The third-order valence-corrected chi connectivity index (χ3v) is 1.71. The summed E-state index contributed by atoms with van der Waals surface area (Å²) in [7, 11) is 0. The molecular weight excluding hydrogens is 200 g/mol. The van der Waals surface area contributed by atoms with Gasteiger partial charge in [0.15, 0.2) is 0 Å². The van der Waals surface area contributed by atoms with Crippen LogP contribution in [0.15, 0.2) is 0 Å². The van der Waals surface area contributed by atoms with Crippen LogP contribution < -0.4 is 10.6 Å². The average molecular weight is 216 g/mol. The lowest BCUT2D eigenvalue weighted by Gasteiger charge is -2.13. The van der Waals surface area contributed by atoms with E-state index in [1.165, 1.54) is 6.92 Å². The monoisotopic (exact) mass is 216 g/mol. The van der Waals surface area contributed by atoms with Gasteiger partial charge in [0, 0.05) is 6.92 Å². The van der Waals surface area contributed by atoms with E-state index in [2.05, 4.69) is 10.6 Å². The fourth-order valence-electron chi connectivity index (χ4n) is 0.996. The van der Waals surface area contributed by atoms with E-state index in [-0.39, 0.29) is 12.5 Å². The molecule has 0 radical (unpaired) electrons. The van der Waals surface area contributed by atoms with Gasteiger partial charge in [-0.1, -0.05) is 13.3 Å². The summed E-state index contributed by atoms with van der Waals surface area (Å²) < 4.78 is 0. The van der Waals surface area contributed by atoms with Crippen molar-refractivity contribution in [2.75, 3.05) is 6.54 Å². The van der Waals surface area contributed by atoms with Crippen molar-refractivity contribution >= 4 is 17.8 Å². The summed E-state index contributed by atoms with van der Waals surface area (Å²) in [5, 5.41) is 13.3. The predicted octanol–water partition coefficient (Wildman–Crippen LogP) is -0.508. The molecule has 1 unspecified atom stereocenters. The van der Waals surface area contributed by atoms with Gasteiger partial charge in [-0.3, -0.25) is 9.59 Å². The van der Waals surface area contributed by atoms with E-state index in [1.54, 1.807) is 0 Å². The lowest BCUT2D eigenvalue weighted by Crippen LogP contribution is -2.45. The van der Waals surface area contributed by atoms with Crippen molar-refractivity contribution in [2.45, 2.75) is 32.7 Å². The number of amides is 2. The van der Waals surface area contributed by atoms with Gasteiger partial charge in [-0.05, 0) is 6.42 Å². The van der Waals surface area contributed by atoms with Gasteiger partial charge in [-0.15, -0.1) is 0 Å². The molecule has 0 aliphatic rings. The topological polar surface area (TPSA) is 95.5 Å². The van der Waals surface area contributed by atoms with Crippen LogP contribution in [-0.4, -0.2) is 35.5 Å². The van der Waals surface area contributed by atoms with Crippen molar-refractivity contribution in [3.05, 3.63) is 0 Å². The van der Waals surface area contributed by atoms with Crippen LogP contribution in [0.5, 0.6) is 0 Å². The van der Waals surface area contributed by atoms with Gasteiger partial charge in [0.05, 0.1) is 6.54 Å². The largest absolute Gasteiger partial charge is 0.480 e. The van der Waals surface area contributed by atoms with E-state index in [4.69, 9.17) is 5.11 Å². The molecule has 6 nitrogen and oxygen atoms in total. The Morgan fingerprint density at radius 2 is 1.93 bits per heavy atom. The van der Waals surface area contributed by atoms with Crippen molar-refractivity contribution < 1.29 is 19.5 Å². The van der Waals surface area contributed by atoms with Crippen LogP contribution in [0.1, 0.15) is 26.7 Å². The summed E-state index contributed by atoms with van der Waals surface area (Å²) in [5.41, 5.74) is 0. The lowest BCUT2D eigenvalue weighted by molar-refractivity contribution is -0.141. The maximum Gasteiger partial charge on any atom is 0.326 e. The highest BCUT2D eigenvalue weighted by Crippen LogP contribution is 1.96. The number of hydrogen-bond donors (Lipinski definition) is 3. The highest BCUT2D eigenvalue weighted by molar-refractivity contribution is 5.87.